The number of aromatic amines is 1. The molecule has 0 radical (unpaired) electrons. The van der Waals surface area contributed by atoms with Gasteiger partial charge < -0.3 is 20.0 Å². The number of carbonyl (C=O) groups is 1. The number of aromatic nitrogens is 2. The maximum Gasteiger partial charge on any atom is 0.345 e. The molecule has 0 aliphatic carbocycles. The number of benzene rings is 1. The Labute approximate surface area is 148 Å². The molecule has 3 rings (SSSR count). The first-order chi connectivity index (χ1) is 12.3. The van der Waals surface area contributed by atoms with E-state index in [-0.39, 0.29) is 11.7 Å². The lowest BCUT2D eigenvalue weighted by Gasteiger charge is -2.21. The highest BCUT2D eigenvalue weighted by Gasteiger charge is 2.25. The molecule has 3 N–H and O–H groups in total. The Hall–Kier alpha value is -3.16. The standard InChI is InChI=1S/C18H19FN4O3/c1-9(2)15(23-18(25)22-12-7-20-17(24)21-8-12)16-10(3)13-6-11(19)4-5-14(13)26-16/h4-9,15H,1-3H3,(H,20,21,24)(H2,22,23,25)/t15-/m1/s1. The van der Waals surface area contributed by atoms with Crippen LogP contribution in [0, 0.1) is 18.7 Å². The SMILES string of the molecule is Cc1c([C@H](NC(=O)Nc2cnc(=O)[nH]c2)C(C)C)oc2ccc(F)cc12. The molecule has 7 nitrogen and oxygen atoms in total. The molecule has 0 bridgehead atoms. The second-order valence-electron chi connectivity index (χ2n) is 6.36. The van der Waals surface area contributed by atoms with Crippen LogP contribution in [0.2, 0.25) is 0 Å². The highest BCUT2D eigenvalue weighted by Crippen LogP contribution is 2.33. The van der Waals surface area contributed by atoms with Crippen molar-refractivity contribution in [3.05, 3.63) is 58.2 Å². The van der Waals surface area contributed by atoms with E-state index >= 15 is 0 Å². The number of amides is 2. The molecule has 8 heteroatoms. The molecule has 26 heavy (non-hydrogen) atoms. The Bertz CT molecular complexity index is 989. The molecule has 0 aliphatic heterocycles. The minimum atomic E-state index is -0.499. The van der Waals surface area contributed by atoms with Gasteiger partial charge >= 0.3 is 11.7 Å². The first kappa shape index (κ1) is 17.7. The van der Waals surface area contributed by atoms with Gasteiger partial charge in [0.15, 0.2) is 0 Å². The number of furan rings is 1. The number of nitrogens with one attached hydrogen (secondary N) is 3. The van der Waals surface area contributed by atoms with Crippen LogP contribution in [-0.2, 0) is 0 Å². The maximum absolute atomic E-state index is 13.5. The van der Waals surface area contributed by atoms with Gasteiger partial charge in [0.05, 0.1) is 17.9 Å². The van der Waals surface area contributed by atoms with Gasteiger partial charge in [-0.15, -0.1) is 0 Å². The van der Waals surface area contributed by atoms with Gasteiger partial charge in [-0.2, -0.15) is 4.98 Å². The normalized spacial score (nSPS) is 12.3. The molecule has 0 saturated carbocycles. The van der Waals surface area contributed by atoms with Gasteiger partial charge in [-0.1, -0.05) is 13.8 Å². The molecule has 0 aliphatic rings. The lowest BCUT2D eigenvalue weighted by Crippen LogP contribution is -2.35. The van der Waals surface area contributed by atoms with Crippen LogP contribution in [0.5, 0.6) is 0 Å². The second kappa shape index (κ2) is 6.99. The van der Waals surface area contributed by atoms with E-state index in [0.29, 0.717) is 22.4 Å². The van der Waals surface area contributed by atoms with Gasteiger partial charge in [0.2, 0.25) is 0 Å². The van der Waals surface area contributed by atoms with Gasteiger partial charge in [-0.25, -0.2) is 14.0 Å². The number of hydrogen-bond acceptors (Lipinski definition) is 4. The number of halogens is 1. The van der Waals surface area contributed by atoms with E-state index in [4.69, 9.17) is 4.42 Å². The topological polar surface area (TPSA) is 100 Å². The Morgan fingerprint density at radius 2 is 2.12 bits per heavy atom. The van der Waals surface area contributed by atoms with Gasteiger partial charge in [-0.05, 0) is 31.0 Å². The van der Waals surface area contributed by atoms with E-state index in [1.165, 1.54) is 24.5 Å². The fourth-order valence-corrected chi connectivity index (χ4v) is 2.76. The predicted molar refractivity (Wildman–Crippen MR) is 95.5 cm³/mol. The van der Waals surface area contributed by atoms with Crippen LogP contribution in [0.15, 0.2) is 39.8 Å². The zero-order valence-corrected chi connectivity index (χ0v) is 14.6. The van der Waals surface area contributed by atoms with Crippen LogP contribution >= 0.6 is 0 Å². The Morgan fingerprint density at radius 1 is 1.35 bits per heavy atom. The monoisotopic (exact) mass is 358 g/mol. The van der Waals surface area contributed by atoms with Crippen molar-refractivity contribution >= 4 is 22.7 Å². The smallest absolute Gasteiger partial charge is 0.345 e. The molecule has 0 spiro atoms. The summed E-state index contributed by atoms with van der Waals surface area (Å²) in [4.78, 5) is 29.2. The van der Waals surface area contributed by atoms with Crippen molar-refractivity contribution in [1.82, 2.24) is 15.3 Å². The van der Waals surface area contributed by atoms with Crippen LogP contribution in [0.4, 0.5) is 14.9 Å². The molecule has 2 heterocycles. The number of nitrogens with zero attached hydrogens (tertiary/aromatic N) is 1. The van der Waals surface area contributed by atoms with Crippen LogP contribution in [0.1, 0.15) is 31.2 Å². The molecule has 1 aromatic carbocycles. The number of urea groups is 1. The summed E-state index contributed by atoms with van der Waals surface area (Å²) in [5.74, 6) is 0.263. The van der Waals surface area contributed by atoms with E-state index in [0.717, 1.165) is 5.56 Å². The Kier molecular flexibility index (Phi) is 4.75. The molecule has 136 valence electrons. The first-order valence-corrected chi connectivity index (χ1v) is 8.16. The summed E-state index contributed by atoms with van der Waals surface area (Å²) in [5, 5.41) is 6.14. The number of fused-ring (bicyclic) bond motifs is 1. The largest absolute Gasteiger partial charge is 0.459 e. The summed E-state index contributed by atoms with van der Waals surface area (Å²) in [6.45, 7) is 5.72. The van der Waals surface area contributed by atoms with Crippen LogP contribution in [0.3, 0.4) is 0 Å². The van der Waals surface area contributed by atoms with Crippen molar-refractivity contribution in [3.8, 4) is 0 Å². The summed E-state index contributed by atoms with van der Waals surface area (Å²) in [7, 11) is 0. The molecule has 1 atom stereocenters. The predicted octanol–water partition coefficient (Wildman–Crippen LogP) is 3.48. The van der Waals surface area contributed by atoms with Gasteiger partial charge in [0.25, 0.3) is 0 Å². The van der Waals surface area contributed by atoms with E-state index in [1.54, 1.807) is 6.07 Å². The second-order valence-corrected chi connectivity index (χ2v) is 6.36. The van der Waals surface area contributed by atoms with Gasteiger partial charge in [0.1, 0.15) is 17.2 Å². The molecular formula is C18H19FN4O3. The average molecular weight is 358 g/mol. The van der Waals surface area contributed by atoms with E-state index < -0.39 is 17.8 Å². The zero-order chi connectivity index (χ0) is 18.8. The van der Waals surface area contributed by atoms with Crippen LogP contribution < -0.4 is 16.3 Å². The molecule has 3 aromatic rings. The third-order valence-corrected chi connectivity index (χ3v) is 4.10. The third kappa shape index (κ3) is 3.58. The zero-order valence-electron chi connectivity index (χ0n) is 14.6. The lowest BCUT2D eigenvalue weighted by atomic mass is 9.98. The van der Waals surface area contributed by atoms with Crippen molar-refractivity contribution < 1.29 is 13.6 Å². The lowest BCUT2D eigenvalue weighted by molar-refractivity contribution is 0.241. The molecular weight excluding hydrogens is 339 g/mol. The number of anilines is 1. The van der Waals surface area contributed by atoms with Crippen LogP contribution in [0.25, 0.3) is 11.0 Å². The highest BCUT2D eigenvalue weighted by molar-refractivity contribution is 5.89. The summed E-state index contributed by atoms with van der Waals surface area (Å²) in [6.07, 6.45) is 2.62. The molecule has 0 fully saturated rings. The molecule has 0 saturated heterocycles. The summed E-state index contributed by atoms with van der Waals surface area (Å²) < 4.78 is 19.4. The van der Waals surface area contributed by atoms with E-state index in [1.807, 2.05) is 20.8 Å². The first-order valence-electron chi connectivity index (χ1n) is 8.16. The Morgan fingerprint density at radius 3 is 2.77 bits per heavy atom. The molecule has 0 unspecified atom stereocenters. The average Bonchev–Trinajstić information content (AvgIpc) is 2.91. The van der Waals surface area contributed by atoms with Crippen molar-refractivity contribution in [3.63, 3.8) is 0 Å². The van der Waals surface area contributed by atoms with Gasteiger partial charge in [-0.3, -0.25) is 0 Å². The quantitative estimate of drug-likeness (QED) is 0.665. The van der Waals surface area contributed by atoms with E-state index in [2.05, 4.69) is 20.6 Å². The minimum Gasteiger partial charge on any atom is -0.459 e. The van der Waals surface area contributed by atoms with Crippen LogP contribution in [-0.4, -0.2) is 16.0 Å². The maximum atomic E-state index is 13.5. The number of carbonyl (C=O) groups excluding carboxylic acids is 1. The molecule has 2 aromatic heterocycles. The number of rotatable bonds is 4. The van der Waals surface area contributed by atoms with Gasteiger partial charge in [0, 0.05) is 17.1 Å². The summed E-state index contributed by atoms with van der Waals surface area (Å²) >= 11 is 0. The Balaban J connectivity index is 1.85. The summed E-state index contributed by atoms with van der Waals surface area (Å²) in [6, 6.07) is 3.44. The fraction of sp³-hybridized carbons (Fsp3) is 0.278. The summed E-state index contributed by atoms with van der Waals surface area (Å²) in [5.41, 5.74) is 1.20. The van der Waals surface area contributed by atoms with Crippen molar-refractivity contribution in [2.45, 2.75) is 26.8 Å². The van der Waals surface area contributed by atoms with E-state index in [9.17, 15) is 14.0 Å². The number of hydrogen-bond donors (Lipinski definition) is 3. The number of aryl methyl sites for hydroxylation is 1. The van der Waals surface area contributed by atoms with Crippen molar-refractivity contribution in [1.29, 1.82) is 0 Å². The third-order valence-electron chi connectivity index (χ3n) is 4.10. The highest BCUT2D eigenvalue weighted by atomic mass is 19.1. The molecule has 2 amide bonds. The minimum absolute atomic E-state index is 0.0264. The van der Waals surface area contributed by atoms with Crippen molar-refractivity contribution in [2.75, 3.05) is 5.32 Å². The fourth-order valence-electron chi connectivity index (χ4n) is 2.76. The number of H-pyrrole nitrogens is 1. The van der Waals surface area contributed by atoms with Crippen molar-refractivity contribution in [2.24, 2.45) is 5.92 Å².